The lowest BCUT2D eigenvalue weighted by atomic mass is 10.2. The Balaban J connectivity index is 1.63. The zero-order chi connectivity index (χ0) is 17.6. The third-order valence-corrected chi connectivity index (χ3v) is 4.49. The van der Waals surface area contributed by atoms with E-state index in [0.717, 1.165) is 48.9 Å². The van der Waals surface area contributed by atoms with Gasteiger partial charge >= 0.3 is 0 Å². The van der Waals surface area contributed by atoms with Crippen molar-refractivity contribution in [3.8, 4) is 5.69 Å². The highest BCUT2D eigenvalue weighted by Gasteiger charge is 2.17. The van der Waals surface area contributed by atoms with Crippen LogP contribution < -0.4 is 10.3 Å². The zero-order valence-corrected chi connectivity index (χ0v) is 14.8. The SMILES string of the molecule is Cc1cc(/C=N\NC(=O)C[NH+]2CCOCC2)c(C)n1-c1ccccc1. The molecular formula is C19H25N4O2+. The molecule has 2 N–H and O–H groups in total. The number of benzene rings is 1. The molecule has 0 spiro atoms. The summed E-state index contributed by atoms with van der Waals surface area (Å²) in [5, 5.41) is 4.13. The van der Waals surface area contributed by atoms with Crippen LogP contribution in [0.2, 0.25) is 0 Å². The first-order chi connectivity index (χ1) is 12.1. The maximum Gasteiger partial charge on any atom is 0.295 e. The maximum atomic E-state index is 12.0. The minimum Gasteiger partial charge on any atom is -0.370 e. The van der Waals surface area contributed by atoms with Gasteiger partial charge in [0.05, 0.1) is 19.4 Å². The number of quaternary nitrogens is 1. The van der Waals surface area contributed by atoms with Gasteiger partial charge in [-0.2, -0.15) is 5.10 Å². The van der Waals surface area contributed by atoms with E-state index in [-0.39, 0.29) is 5.91 Å². The van der Waals surface area contributed by atoms with Gasteiger partial charge in [-0.05, 0) is 32.0 Å². The first kappa shape index (κ1) is 17.4. The molecule has 0 aliphatic carbocycles. The Hall–Kier alpha value is -2.44. The number of hydrogen-bond donors (Lipinski definition) is 2. The van der Waals surface area contributed by atoms with E-state index in [1.807, 2.05) is 18.2 Å². The van der Waals surface area contributed by atoms with Crippen molar-refractivity contribution in [2.45, 2.75) is 13.8 Å². The lowest BCUT2D eigenvalue weighted by Gasteiger charge is -2.22. The number of aryl methyl sites for hydroxylation is 1. The van der Waals surface area contributed by atoms with Crippen LogP contribution >= 0.6 is 0 Å². The Bertz CT molecular complexity index is 746. The van der Waals surface area contributed by atoms with E-state index in [1.165, 1.54) is 4.90 Å². The van der Waals surface area contributed by atoms with Crippen molar-refractivity contribution in [2.75, 3.05) is 32.8 Å². The van der Waals surface area contributed by atoms with Gasteiger partial charge in [0, 0.05) is 22.6 Å². The monoisotopic (exact) mass is 341 g/mol. The summed E-state index contributed by atoms with van der Waals surface area (Å²) in [6.45, 7) is 7.74. The minimum absolute atomic E-state index is 0.0648. The number of nitrogens with one attached hydrogen (secondary N) is 2. The molecule has 0 saturated carbocycles. The van der Waals surface area contributed by atoms with E-state index in [2.05, 4.69) is 47.1 Å². The fourth-order valence-corrected chi connectivity index (χ4v) is 3.17. The largest absolute Gasteiger partial charge is 0.370 e. The molecule has 1 amide bonds. The van der Waals surface area contributed by atoms with Crippen LogP contribution in [0, 0.1) is 13.8 Å². The zero-order valence-electron chi connectivity index (χ0n) is 14.8. The first-order valence-electron chi connectivity index (χ1n) is 8.63. The number of rotatable bonds is 5. The molecular weight excluding hydrogens is 316 g/mol. The summed E-state index contributed by atoms with van der Waals surface area (Å²) in [6.07, 6.45) is 1.72. The van der Waals surface area contributed by atoms with Crippen LogP contribution in [0.5, 0.6) is 0 Å². The molecule has 1 aromatic heterocycles. The Morgan fingerprint density at radius 2 is 2.00 bits per heavy atom. The summed E-state index contributed by atoms with van der Waals surface area (Å²) in [6, 6.07) is 12.3. The third kappa shape index (κ3) is 4.35. The number of morpholine rings is 1. The molecule has 2 aromatic rings. The van der Waals surface area contributed by atoms with E-state index < -0.39 is 0 Å². The second-order valence-corrected chi connectivity index (χ2v) is 6.33. The topological polar surface area (TPSA) is 60.1 Å². The van der Waals surface area contributed by atoms with Gasteiger partial charge in [-0.1, -0.05) is 18.2 Å². The quantitative estimate of drug-likeness (QED) is 0.613. The number of carbonyl (C=O) groups excluding carboxylic acids is 1. The number of carbonyl (C=O) groups is 1. The van der Waals surface area contributed by atoms with Crippen LogP contribution in [0.15, 0.2) is 41.5 Å². The summed E-state index contributed by atoms with van der Waals surface area (Å²) in [5.74, 6) is -0.0648. The smallest absolute Gasteiger partial charge is 0.295 e. The molecule has 1 fully saturated rings. The summed E-state index contributed by atoms with van der Waals surface area (Å²) in [4.78, 5) is 13.2. The third-order valence-electron chi connectivity index (χ3n) is 4.49. The van der Waals surface area contributed by atoms with Gasteiger partial charge in [0.2, 0.25) is 0 Å². The van der Waals surface area contributed by atoms with Crippen molar-refractivity contribution in [3.63, 3.8) is 0 Å². The highest BCUT2D eigenvalue weighted by atomic mass is 16.5. The number of amides is 1. The van der Waals surface area contributed by atoms with Crippen LogP contribution in [0.25, 0.3) is 5.69 Å². The molecule has 6 nitrogen and oxygen atoms in total. The Labute approximate surface area is 148 Å². The number of ether oxygens (including phenoxy) is 1. The van der Waals surface area contributed by atoms with Crippen molar-refractivity contribution in [1.29, 1.82) is 0 Å². The van der Waals surface area contributed by atoms with E-state index in [0.29, 0.717) is 6.54 Å². The summed E-state index contributed by atoms with van der Waals surface area (Å²) in [5.41, 5.74) is 6.99. The average Bonchev–Trinajstić information content (AvgIpc) is 2.90. The molecule has 2 heterocycles. The molecule has 1 aliphatic heterocycles. The molecule has 6 heteroatoms. The number of para-hydroxylation sites is 1. The first-order valence-corrected chi connectivity index (χ1v) is 8.63. The lowest BCUT2D eigenvalue weighted by Crippen LogP contribution is -3.15. The van der Waals surface area contributed by atoms with E-state index in [4.69, 9.17) is 4.74 Å². The number of aromatic nitrogens is 1. The Morgan fingerprint density at radius 1 is 1.28 bits per heavy atom. The fraction of sp³-hybridized carbons (Fsp3) is 0.368. The molecule has 0 atom stereocenters. The van der Waals surface area contributed by atoms with E-state index in [9.17, 15) is 4.79 Å². The standard InChI is InChI=1S/C19H24N4O2/c1-15-12-17(16(2)23(15)18-6-4-3-5-7-18)13-20-21-19(24)14-22-8-10-25-11-9-22/h3-7,12-13H,8-11,14H2,1-2H3,(H,21,24)/p+1/b20-13-. The van der Waals surface area contributed by atoms with Gasteiger partial charge in [0.25, 0.3) is 5.91 Å². The summed E-state index contributed by atoms with van der Waals surface area (Å²) in [7, 11) is 0. The molecule has 1 aromatic carbocycles. The van der Waals surface area contributed by atoms with E-state index >= 15 is 0 Å². The molecule has 25 heavy (non-hydrogen) atoms. The van der Waals surface area contributed by atoms with Gasteiger partial charge < -0.3 is 14.2 Å². The molecule has 0 radical (unpaired) electrons. The van der Waals surface area contributed by atoms with Crippen LogP contribution in [-0.4, -0.2) is 49.5 Å². The van der Waals surface area contributed by atoms with Crippen molar-refractivity contribution in [2.24, 2.45) is 5.10 Å². The number of hydrazone groups is 1. The van der Waals surface area contributed by atoms with Gasteiger partial charge in [-0.25, -0.2) is 5.43 Å². The second-order valence-electron chi connectivity index (χ2n) is 6.33. The van der Waals surface area contributed by atoms with Crippen molar-refractivity contribution < 1.29 is 14.4 Å². The highest BCUT2D eigenvalue weighted by molar-refractivity contribution is 5.84. The minimum atomic E-state index is -0.0648. The number of hydrogen-bond acceptors (Lipinski definition) is 3. The molecule has 132 valence electrons. The second kappa shape index (κ2) is 8.09. The number of nitrogens with zero attached hydrogens (tertiary/aromatic N) is 2. The van der Waals surface area contributed by atoms with Gasteiger partial charge in [0.15, 0.2) is 6.54 Å². The van der Waals surface area contributed by atoms with E-state index in [1.54, 1.807) is 6.21 Å². The van der Waals surface area contributed by atoms with Crippen LogP contribution in [0.1, 0.15) is 17.0 Å². The molecule has 3 rings (SSSR count). The summed E-state index contributed by atoms with van der Waals surface area (Å²) < 4.78 is 7.48. The van der Waals surface area contributed by atoms with Crippen LogP contribution in [0.4, 0.5) is 0 Å². The predicted molar refractivity (Wildman–Crippen MR) is 97.4 cm³/mol. The fourth-order valence-electron chi connectivity index (χ4n) is 3.17. The van der Waals surface area contributed by atoms with Crippen LogP contribution in [0.3, 0.4) is 0 Å². The van der Waals surface area contributed by atoms with Gasteiger partial charge in [0.1, 0.15) is 13.1 Å². The van der Waals surface area contributed by atoms with Gasteiger partial charge in [-0.15, -0.1) is 0 Å². The van der Waals surface area contributed by atoms with Crippen molar-refractivity contribution in [3.05, 3.63) is 53.3 Å². The molecule has 1 aliphatic rings. The Morgan fingerprint density at radius 3 is 2.72 bits per heavy atom. The average molecular weight is 341 g/mol. The van der Waals surface area contributed by atoms with Crippen molar-refractivity contribution >= 4 is 12.1 Å². The Kier molecular flexibility index (Phi) is 5.63. The normalized spacial score (nSPS) is 15.6. The highest BCUT2D eigenvalue weighted by Crippen LogP contribution is 2.19. The molecule has 0 bridgehead atoms. The summed E-state index contributed by atoms with van der Waals surface area (Å²) >= 11 is 0. The lowest BCUT2D eigenvalue weighted by molar-refractivity contribution is -0.900. The molecule has 0 unspecified atom stereocenters. The van der Waals surface area contributed by atoms with Crippen LogP contribution in [-0.2, 0) is 9.53 Å². The van der Waals surface area contributed by atoms with Gasteiger partial charge in [-0.3, -0.25) is 4.79 Å². The van der Waals surface area contributed by atoms with Crippen molar-refractivity contribution in [1.82, 2.24) is 9.99 Å². The molecule has 1 saturated heterocycles. The maximum absolute atomic E-state index is 12.0. The predicted octanol–water partition coefficient (Wildman–Crippen LogP) is 0.459.